The van der Waals surface area contributed by atoms with Crippen LogP contribution < -0.4 is 0 Å². The third-order valence-corrected chi connectivity index (χ3v) is 5.23. The number of rotatable bonds is 2. The van der Waals surface area contributed by atoms with Gasteiger partial charge < -0.3 is 0 Å². The van der Waals surface area contributed by atoms with Crippen LogP contribution in [-0.2, 0) is 0 Å². The Morgan fingerprint density at radius 2 is 1.88 bits per heavy atom. The van der Waals surface area contributed by atoms with Crippen molar-refractivity contribution in [2.24, 2.45) is 0 Å². The Bertz CT molecular complexity index is 510. The van der Waals surface area contributed by atoms with E-state index in [4.69, 9.17) is 34.8 Å². The summed E-state index contributed by atoms with van der Waals surface area (Å²) in [5.74, 6) is 0. The minimum absolute atomic E-state index is 0.205. The molecule has 0 fully saturated rings. The van der Waals surface area contributed by atoms with Crippen LogP contribution in [0.4, 0.5) is 0 Å². The number of alkyl halides is 1. The van der Waals surface area contributed by atoms with Gasteiger partial charge in [-0.3, -0.25) is 0 Å². The molecule has 0 aliphatic rings. The molecule has 2 aromatic rings. The summed E-state index contributed by atoms with van der Waals surface area (Å²) in [7, 11) is 0. The fourth-order valence-electron chi connectivity index (χ4n) is 1.30. The monoisotopic (exact) mass is 354 g/mol. The summed E-state index contributed by atoms with van der Waals surface area (Å²) in [5, 5.41) is 0.453. The van der Waals surface area contributed by atoms with E-state index >= 15 is 0 Å². The number of hydrogen-bond donors (Lipinski definition) is 0. The lowest BCUT2D eigenvalue weighted by Crippen LogP contribution is -1.89. The molecule has 1 unspecified atom stereocenters. The van der Waals surface area contributed by atoms with Gasteiger partial charge >= 0.3 is 0 Å². The summed E-state index contributed by atoms with van der Waals surface area (Å²) in [6.07, 6.45) is 0. The number of benzene rings is 1. The summed E-state index contributed by atoms with van der Waals surface area (Å²) in [6.45, 7) is 0. The van der Waals surface area contributed by atoms with Crippen LogP contribution in [0.1, 0.15) is 15.8 Å². The number of halogens is 4. The lowest BCUT2D eigenvalue weighted by Gasteiger charge is -2.08. The van der Waals surface area contributed by atoms with Gasteiger partial charge in [0, 0.05) is 9.35 Å². The molecule has 0 saturated heterocycles. The second kappa shape index (κ2) is 5.28. The van der Waals surface area contributed by atoms with Crippen LogP contribution in [0.15, 0.2) is 34.8 Å². The molecule has 0 spiro atoms. The Kier molecular flexibility index (Phi) is 4.20. The van der Waals surface area contributed by atoms with Crippen LogP contribution in [0.5, 0.6) is 0 Å². The van der Waals surface area contributed by atoms with Crippen molar-refractivity contribution in [1.82, 2.24) is 0 Å². The molecule has 0 aliphatic heterocycles. The summed E-state index contributed by atoms with van der Waals surface area (Å²) in [5.41, 5.74) is 0.966. The van der Waals surface area contributed by atoms with Gasteiger partial charge in [0.1, 0.15) is 0 Å². The first-order valence-electron chi connectivity index (χ1n) is 4.42. The minimum atomic E-state index is -0.205. The zero-order valence-corrected chi connectivity index (χ0v) is 12.6. The van der Waals surface area contributed by atoms with Crippen LogP contribution in [0, 0.1) is 0 Å². The van der Waals surface area contributed by atoms with Crippen LogP contribution in [0.3, 0.4) is 0 Å². The zero-order valence-electron chi connectivity index (χ0n) is 7.88. The highest BCUT2D eigenvalue weighted by Crippen LogP contribution is 2.37. The van der Waals surface area contributed by atoms with Crippen molar-refractivity contribution in [3.8, 4) is 0 Å². The van der Waals surface area contributed by atoms with E-state index in [1.54, 1.807) is 0 Å². The molecule has 0 aliphatic carbocycles. The second-order valence-electron chi connectivity index (χ2n) is 3.18. The molecule has 0 nitrogen and oxygen atoms in total. The summed E-state index contributed by atoms with van der Waals surface area (Å²) in [6, 6.07) is 9.47. The Morgan fingerprint density at radius 1 is 1.12 bits per heavy atom. The first-order chi connectivity index (χ1) is 7.58. The largest absolute Gasteiger partial charge is 0.127 e. The average Bonchev–Trinajstić information content (AvgIpc) is 2.68. The fraction of sp³-hybridized carbons (Fsp3) is 0.0909. The summed E-state index contributed by atoms with van der Waals surface area (Å²) in [4.78, 5) is 1.02. The molecule has 0 saturated carbocycles. The Hall–Kier alpha value is 0.270. The minimum Gasteiger partial charge on any atom is -0.127 e. The molecular weight excluding hydrogens is 350 g/mol. The van der Waals surface area contributed by atoms with Gasteiger partial charge in [-0.15, -0.1) is 22.9 Å². The molecule has 16 heavy (non-hydrogen) atoms. The molecule has 2 rings (SSSR count). The quantitative estimate of drug-likeness (QED) is 0.567. The predicted octanol–water partition coefficient (Wildman–Crippen LogP) is 6.15. The molecule has 0 bridgehead atoms. The van der Waals surface area contributed by atoms with Crippen molar-refractivity contribution in [2.45, 2.75) is 5.38 Å². The molecule has 1 atom stereocenters. The topological polar surface area (TPSA) is 0 Å². The van der Waals surface area contributed by atoms with Gasteiger partial charge in [-0.25, -0.2) is 0 Å². The Morgan fingerprint density at radius 3 is 2.44 bits per heavy atom. The van der Waals surface area contributed by atoms with E-state index in [1.165, 1.54) is 11.3 Å². The maximum atomic E-state index is 6.35. The molecule has 1 aromatic heterocycles. The average molecular weight is 356 g/mol. The van der Waals surface area contributed by atoms with Gasteiger partial charge in [-0.1, -0.05) is 29.3 Å². The van der Waals surface area contributed by atoms with Crippen molar-refractivity contribution < 1.29 is 0 Å². The Labute approximate surface area is 121 Å². The molecular formula is C11H6BrCl3S. The summed E-state index contributed by atoms with van der Waals surface area (Å²) < 4.78 is 1.61. The molecule has 1 heterocycles. The predicted molar refractivity (Wildman–Crippen MR) is 76.2 cm³/mol. The van der Waals surface area contributed by atoms with E-state index < -0.39 is 0 Å². The second-order valence-corrected chi connectivity index (χ2v) is 6.62. The molecule has 84 valence electrons. The standard InChI is InChI=1S/C11H6BrCl3S/c12-7-2-1-6(5-8(7)13)11(15)9-3-4-10(14)16-9/h1-5,11H. The van der Waals surface area contributed by atoms with E-state index in [-0.39, 0.29) is 5.38 Å². The normalized spacial score (nSPS) is 12.8. The maximum Gasteiger partial charge on any atom is 0.0931 e. The maximum absolute atomic E-state index is 6.35. The lowest BCUT2D eigenvalue weighted by molar-refractivity contribution is 1.18. The van der Waals surface area contributed by atoms with Gasteiger partial charge in [0.15, 0.2) is 0 Å². The number of thiophene rings is 1. The molecule has 0 radical (unpaired) electrons. The smallest absolute Gasteiger partial charge is 0.0931 e. The van der Waals surface area contributed by atoms with Gasteiger partial charge in [0.05, 0.1) is 14.7 Å². The first kappa shape index (κ1) is 12.7. The fourth-order valence-corrected chi connectivity index (χ4v) is 3.14. The summed E-state index contributed by atoms with van der Waals surface area (Å²) >= 11 is 23.1. The molecule has 0 N–H and O–H groups in total. The van der Waals surface area contributed by atoms with Crippen molar-refractivity contribution in [1.29, 1.82) is 0 Å². The van der Waals surface area contributed by atoms with Crippen LogP contribution in [0.25, 0.3) is 0 Å². The number of hydrogen-bond acceptors (Lipinski definition) is 1. The third kappa shape index (κ3) is 2.74. The highest BCUT2D eigenvalue weighted by molar-refractivity contribution is 9.10. The van der Waals surface area contributed by atoms with Gasteiger partial charge in [-0.2, -0.15) is 0 Å². The molecule has 1 aromatic carbocycles. The van der Waals surface area contributed by atoms with Crippen molar-refractivity contribution in [2.75, 3.05) is 0 Å². The van der Waals surface area contributed by atoms with Crippen molar-refractivity contribution >= 4 is 62.1 Å². The SMILES string of the molecule is Clc1ccc(C(Cl)c2ccc(Br)c(Cl)c2)s1. The van der Waals surface area contributed by atoms with Crippen LogP contribution in [0.2, 0.25) is 9.36 Å². The highest BCUT2D eigenvalue weighted by atomic mass is 79.9. The highest BCUT2D eigenvalue weighted by Gasteiger charge is 2.14. The van der Waals surface area contributed by atoms with E-state index in [2.05, 4.69) is 15.9 Å². The van der Waals surface area contributed by atoms with Crippen LogP contribution >= 0.6 is 62.1 Å². The van der Waals surface area contributed by atoms with Gasteiger partial charge in [-0.05, 0) is 45.8 Å². The van der Waals surface area contributed by atoms with Crippen LogP contribution in [-0.4, -0.2) is 0 Å². The van der Waals surface area contributed by atoms with E-state index in [9.17, 15) is 0 Å². The van der Waals surface area contributed by atoms with E-state index in [0.29, 0.717) is 5.02 Å². The lowest BCUT2D eigenvalue weighted by atomic mass is 10.1. The van der Waals surface area contributed by atoms with E-state index in [1.807, 2.05) is 30.3 Å². The first-order valence-corrected chi connectivity index (χ1v) is 7.22. The van der Waals surface area contributed by atoms with Crippen molar-refractivity contribution in [3.63, 3.8) is 0 Å². The Balaban J connectivity index is 2.33. The van der Waals surface area contributed by atoms with Gasteiger partial charge in [0.25, 0.3) is 0 Å². The van der Waals surface area contributed by atoms with E-state index in [0.717, 1.165) is 19.2 Å². The molecule has 5 heteroatoms. The van der Waals surface area contributed by atoms with Crippen molar-refractivity contribution in [3.05, 3.63) is 54.6 Å². The molecule has 0 amide bonds. The zero-order chi connectivity index (χ0) is 11.7. The van der Waals surface area contributed by atoms with Gasteiger partial charge in [0.2, 0.25) is 0 Å². The third-order valence-electron chi connectivity index (χ3n) is 2.08.